The van der Waals surface area contributed by atoms with Crippen molar-refractivity contribution in [2.24, 2.45) is 0 Å². The summed E-state index contributed by atoms with van der Waals surface area (Å²) in [6, 6.07) is 11.0. The highest BCUT2D eigenvalue weighted by atomic mass is 35.5. The highest BCUT2D eigenvalue weighted by Gasteiger charge is 2.30. The number of nitrogens with one attached hydrogen (secondary N) is 1. The molecule has 1 aliphatic rings. The number of anilines is 1. The summed E-state index contributed by atoms with van der Waals surface area (Å²) in [5.74, 6) is -2.02. The van der Waals surface area contributed by atoms with Gasteiger partial charge in [0.2, 0.25) is 10.0 Å². The highest BCUT2D eigenvalue weighted by Crippen LogP contribution is 2.26. The number of nitrogens with zero attached hydrogens (tertiary/aromatic N) is 3. The summed E-state index contributed by atoms with van der Waals surface area (Å²) in [7, 11) is -2.18. The molecule has 0 radical (unpaired) electrons. The molecule has 12 heteroatoms. The van der Waals surface area contributed by atoms with Crippen molar-refractivity contribution < 1.29 is 22.4 Å². The molecule has 0 saturated heterocycles. The van der Waals surface area contributed by atoms with Gasteiger partial charge in [-0.25, -0.2) is 12.8 Å². The number of aromatic nitrogens is 1. The van der Waals surface area contributed by atoms with Gasteiger partial charge in [0, 0.05) is 43.0 Å². The minimum Gasteiger partial charge on any atom is -0.341 e. The molecule has 1 N–H and O–H groups in total. The van der Waals surface area contributed by atoms with Gasteiger partial charge >= 0.3 is 0 Å². The predicted molar refractivity (Wildman–Crippen MR) is 142 cm³/mol. The molecule has 0 fully saturated rings. The molecule has 1 aliphatic heterocycles. The molecule has 8 nitrogen and oxygen atoms in total. The Bertz CT molecular complexity index is 1440. The van der Waals surface area contributed by atoms with Crippen molar-refractivity contribution in [2.75, 3.05) is 30.8 Å². The molecule has 0 saturated carbocycles. The van der Waals surface area contributed by atoms with Gasteiger partial charge in [-0.3, -0.25) is 19.3 Å². The normalized spacial score (nSPS) is 13.5. The Morgan fingerprint density at radius 1 is 1.24 bits per heavy atom. The van der Waals surface area contributed by atoms with E-state index >= 15 is 0 Å². The number of carbonyl (C=O) groups excluding carboxylic acids is 2. The number of benzene rings is 1. The number of aryl methyl sites for hydroxylation is 1. The van der Waals surface area contributed by atoms with Crippen LogP contribution in [0.15, 0.2) is 66.6 Å². The molecular weight excluding hydrogens is 539 g/mol. The number of amides is 2. The Morgan fingerprint density at radius 3 is 2.73 bits per heavy atom. The van der Waals surface area contributed by atoms with Crippen molar-refractivity contribution in [2.45, 2.75) is 12.8 Å². The van der Waals surface area contributed by atoms with Crippen LogP contribution >= 0.6 is 22.9 Å². The van der Waals surface area contributed by atoms with Crippen LogP contribution in [0.5, 0.6) is 0 Å². The summed E-state index contributed by atoms with van der Waals surface area (Å²) in [6.45, 7) is 0.415. The molecule has 3 aromatic rings. The number of hydrogen-bond donors (Lipinski definition) is 1. The zero-order valence-corrected chi connectivity index (χ0v) is 22.2. The van der Waals surface area contributed by atoms with Gasteiger partial charge in [-0.1, -0.05) is 17.7 Å². The van der Waals surface area contributed by atoms with Gasteiger partial charge in [0.1, 0.15) is 11.5 Å². The van der Waals surface area contributed by atoms with E-state index in [1.807, 2.05) is 12.1 Å². The van der Waals surface area contributed by atoms with Crippen LogP contribution in [0.25, 0.3) is 0 Å². The summed E-state index contributed by atoms with van der Waals surface area (Å²) in [5, 5.41) is 0. The lowest BCUT2D eigenvalue weighted by atomic mass is 10.1. The van der Waals surface area contributed by atoms with Crippen molar-refractivity contribution in [3.8, 4) is 0 Å². The number of rotatable bonds is 10. The highest BCUT2D eigenvalue weighted by molar-refractivity contribution is 7.89. The summed E-state index contributed by atoms with van der Waals surface area (Å²) in [6.07, 6.45) is 5.64. The molecule has 0 aliphatic carbocycles. The quantitative estimate of drug-likeness (QED) is 0.407. The number of thiophene rings is 1. The van der Waals surface area contributed by atoms with Crippen molar-refractivity contribution in [3.63, 3.8) is 0 Å². The first-order chi connectivity index (χ1) is 17.6. The molecule has 1 aromatic carbocycles. The maximum Gasteiger partial charge on any atom is 0.275 e. The van der Waals surface area contributed by atoms with E-state index in [1.165, 1.54) is 34.4 Å². The van der Waals surface area contributed by atoms with Gasteiger partial charge in [0.05, 0.1) is 15.8 Å². The molecule has 0 unspecified atom stereocenters. The zero-order valence-electron chi connectivity index (χ0n) is 19.9. The van der Waals surface area contributed by atoms with Crippen LogP contribution in [0, 0.1) is 5.82 Å². The number of likely N-dealkylation sites (N-methyl/N-ethyl adjacent to an activating group) is 1. The topological polar surface area (TPSA) is 99.7 Å². The minimum absolute atomic E-state index is 0.00749. The van der Waals surface area contributed by atoms with E-state index in [-0.39, 0.29) is 41.6 Å². The second-order valence-electron chi connectivity index (χ2n) is 8.41. The molecular formula is C25H24ClFN4O4S2. The Labute approximate surface area is 223 Å². The molecule has 2 aromatic heterocycles. The Hall–Kier alpha value is -3.28. The average molecular weight is 563 g/mol. The van der Waals surface area contributed by atoms with Crippen LogP contribution in [0.1, 0.15) is 20.8 Å². The van der Waals surface area contributed by atoms with E-state index in [1.54, 1.807) is 31.6 Å². The van der Waals surface area contributed by atoms with E-state index in [9.17, 15) is 22.4 Å². The Kier molecular flexibility index (Phi) is 8.25. The van der Waals surface area contributed by atoms with E-state index in [2.05, 4.69) is 9.71 Å². The maximum atomic E-state index is 15.0. The third-order valence-corrected chi connectivity index (χ3v) is 8.32. The largest absolute Gasteiger partial charge is 0.341 e. The third kappa shape index (κ3) is 6.73. The van der Waals surface area contributed by atoms with E-state index in [4.69, 9.17) is 11.6 Å². The number of hydrogen-bond acceptors (Lipinski definition) is 6. The summed E-state index contributed by atoms with van der Waals surface area (Å²) in [4.78, 5) is 33.0. The number of pyridine rings is 1. The molecule has 3 heterocycles. The number of halogens is 2. The van der Waals surface area contributed by atoms with Gasteiger partial charge in [-0.2, -0.15) is 0 Å². The standard InChI is InChI=1S/C25H24ClFN4O4S2/c1-30(12-8-17-3-2-11-28-16-17)24(32)18-4-6-22(20(27)15-18)31-13-9-21(25(31)33)29-37(34,35)14-10-19-5-7-23(26)36-19/h2-7,9,11,15-16,29H,8,10,12-14H2,1H3. The van der Waals surface area contributed by atoms with Gasteiger partial charge in [-0.05, 0) is 60.9 Å². The lowest BCUT2D eigenvalue weighted by molar-refractivity contribution is -0.114. The minimum atomic E-state index is -3.81. The molecule has 4 rings (SSSR count). The van der Waals surface area contributed by atoms with Crippen LogP contribution in [0.3, 0.4) is 0 Å². The lowest BCUT2D eigenvalue weighted by Gasteiger charge is -2.20. The summed E-state index contributed by atoms with van der Waals surface area (Å²) < 4.78 is 42.8. The van der Waals surface area contributed by atoms with Crippen LogP contribution < -0.4 is 9.62 Å². The van der Waals surface area contributed by atoms with E-state index < -0.39 is 21.7 Å². The lowest BCUT2D eigenvalue weighted by Crippen LogP contribution is -2.35. The Balaban J connectivity index is 1.36. The fourth-order valence-electron chi connectivity index (χ4n) is 3.75. The number of sulfonamides is 1. The van der Waals surface area contributed by atoms with Crippen molar-refractivity contribution in [3.05, 3.63) is 92.8 Å². The molecule has 194 valence electrons. The first kappa shape index (κ1) is 26.8. The monoisotopic (exact) mass is 562 g/mol. The molecule has 37 heavy (non-hydrogen) atoms. The zero-order chi connectivity index (χ0) is 26.6. The van der Waals surface area contributed by atoms with Gasteiger partial charge in [0.25, 0.3) is 11.8 Å². The van der Waals surface area contributed by atoms with Gasteiger partial charge in [0.15, 0.2) is 0 Å². The van der Waals surface area contributed by atoms with Crippen LogP contribution in [0.2, 0.25) is 4.34 Å². The van der Waals surface area contributed by atoms with Crippen molar-refractivity contribution >= 4 is 50.5 Å². The molecule has 0 atom stereocenters. The van der Waals surface area contributed by atoms with Gasteiger partial charge < -0.3 is 9.80 Å². The van der Waals surface area contributed by atoms with Crippen molar-refractivity contribution in [1.29, 1.82) is 0 Å². The third-order valence-electron chi connectivity index (χ3n) is 5.76. The van der Waals surface area contributed by atoms with Crippen molar-refractivity contribution in [1.82, 2.24) is 14.6 Å². The second kappa shape index (κ2) is 11.4. The predicted octanol–water partition coefficient (Wildman–Crippen LogP) is 3.64. The average Bonchev–Trinajstić information content (AvgIpc) is 3.46. The first-order valence-corrected chi connectivity index (χ1v) is 14.2. The SMILES string of the molecule is CN(CCc1cccnc1)C(=O)c1ccc(N2CC=C(NS(=O)(=O)CCc3ccc(Cl)s3)C2=O)c(F)c1. The van der Waals surface area contributed by atoms with Crippen LogP contribution in [0.4, 0.5) is 10.1 Å². The maximum absolute atomic E-state index is 15.0. The van der Waals surface area contributed by atoms with E-state index in [0.717, 1.165) is 21.4 Å². The summed E-state index contributed by atoms with van der Waals surface area (Å²) >= 11 is 7.16. The molecule has 2 amide bonds. The van der Waals surface area contributed by atoms with Crippen LogP contribution in [-0.2, 0) is 27.7 Å². The fraction of sp³-hybridized carbons (Fsp3) is 0.240. The van der Waals surface area contributed by atoms with E-state index in [0.29, 0.717) is 17.3 Å². The summed E-state index contributed by atoms with van der Waals surface area (Å²) in [5.41, 5.74) is 0.937. The molecule has 0 bridgehead atoms. The van der Waals surface area contributed by atoms with Gasteiger partial charge in [-0.15, -0.1) is 11.3 Å². The number of carbonyl (C=O) groups is 2. The molecule has 0 spiro atoms. The Morgan fingerprint density at radius 2 is 2.05 bits per heavy atom. The second-order valence-corrected chi connectivity index (χ2v) is 12.1. The van der Waals surface area contributed by atoms with Crippen LogP contribution in [-0.4, -0.2) is 56.0 Å². The fourth-order valence-corrected chi connectivity index (χ4v) is 6.07. The smallest absolute Gasteiger partial charge is 0.275 e. The first-order valence-electron chi connectivity index (χ1n) is 11.3.